The van der Waals surface area contributed by atoms with Crippen molar-refractivity contribution in [2.45, 2.75) is 115 Å². The van der Waals surface area contributed by atoms with Gasteiger partial charge in [0, 0.05) is 6.61 Å². The van der Waals surface area contributed by atoms with Gasteiger partial charge in [0.15, 0.2) is 0 Å². The van der Waals surface area contributed by atoms with E-state index in [1.165, 1.54) is 108 Å². The van der Waals surface area contributed by atoms with Gasteiger partial charge in [-0.25, -0.2) is 0 Å². The fourth-order valence-electron chi connectivity index (χ4n) is 5.69. The smallest absolute Gasteiger partial charge is 0.297 e. The van der Waals surface area contributed by atoms with Crippen LogP contribution in [-0.2, 0) is 61.7 Å². The maximum Gasteiger partial charge on any atom is 0.297 e. The van der Waals surface area contributed by atoms with Crippen molar-refractivity contribution in [3.63, 3.8) is 0 Å². The highest BCUT2D eigenvalue weighted by atomic mass is 32.2. The summed E-state index contributed by atoms with van der Waals surface area (Å²) in [5.74, 6) is 0. The summed E-state index contributed by atoms with van der Waals surface area (Å²) in [6.07, 6.45) is 22.1. The van der Waals surface area contributed by atoms with Crippen LogP contribution >= 0.6 is 0 Å². The van der Waals surface area contributed by atoms with Crippen molar-refractivity contribution in [3.05, 3.63) is 30.3 Å². The summed E-state index contributed by atoms with van der Waals surface area (Å²) >= 11 is 0. The number of benzene rings is 1. The van der Waals surface area contributed by atoms with Gasteiger partial charge < -0.3 is 47.4 Å². The van der Waals surface area contributed by atoms with Gasteiger partial charge in [-0.1, -0.05) is 121 Å². The third kappa shape index (κ3) is 40.2. The second-order valence-corrected chi connectivity index (χ2v) is 15.6. The number of rotatable bonds is 49. The number of hydrogen-bond donors (Lipinski definition) is 0. The lowest BCUT2D eigenvalue weighted by Gasteiger charge is -2.09. The Morgan fingerprint density at radius 2 is 0.552 bits per heavy atom. The zero-order chi connectivity index (χ0) is 41.6. The van der Waals surface area contributed by atoms with E-state index in [0.29, 0.717) is 119 Å². The Balaban J connectivity index is 1.62. The highest BCUT2D eigenvalue weighted by Gasteiger charge is 2.13. The average molecular weight is 851 g/mol. The van der Waals surface area contributed by atoms with E-state index >= 15 is 0 Å². The molecule has 1 rings (SSSR count). The topological polar surface area (TPSA) is 136 Å². The molecule has 0 fully saturated rings. The Morgan fingerprint density at radius 3 is 0.845 bits per heavy atom. The number of hydrogen-bond acceptors (Lipinski definition) is 13. The van der Waals surface area contributed by atoms with Crippen molar-refractivity contribution in [1.29, 1.82) is 0 Å². The van der Waals surface area contributed by atoms with Gasteiger partial charge in [0.25, 0.3) is 10.1 Å². The molecule has 0 aliphatic heterocycles. The summed E-state index contributed by atoms with van der Waals surface area (Å²) in [6, 6.07) is 8.00. The molecule has 1 aromatic carbocycles. The monoisotopic (exact) mass is 851 g/mol. The molecular formula is C44H82O13S. The molecule has 342 valence electrons. The third-order valence-corrected chi connectivity index (χ3v) is 10.3. The predicted octanol–water partition coefficient (Wildman–Crippen LogP) is 7.82. The van der Waals surface area contributed by atoms with E-state index in [9.17, 15) is 8.42 Å². The minimum Gasteiger partial charge on any atom is -0.379 e. The Morgan fingerprint density at radius 1 is 0.310 bits per heavy atom. The minimum absolute atomic E-state index is 0.0557. The van der Waals surface area contributed by atoms with Crippen LogP contribution in [0.5, 0.6) is 0 Å². The van der Waals surface area contributed by atoms with Gasteiger partial charge in [0.05, 0.1) is 137 Å². The van der Waals surface area contributed by atoms with Gasteiger partial charge in [-0.2, -0.15) is 8.42 Å². The van der Waals surface area contributed by atoms with Gasteiger partial charge >= 0.3 is 0 Å². The molecule has 0 saturated heterocycles. The lowest BCUT2D eigenvalue weighted by Crippen LogP contribution is -2.15. The van der Waals surface area contributed by atoms with Crippen molar-refractivity contribution in [2.75, 3.05) is 139 Å². The van der Waals surface area contributed by atoms with E-state index in [2.05, 4.69) is 6.92 Å². The maximum absolute atomic E-state index is 12.0. The second-order valence-electron chi connectivity index (χ2n) is 14.0. The van der Waals surface area contributed by atoms with Crippen LogP contribution in [-0.4, -0.2) is 147 Å². The van der Waals surface area contributed by atoms with Gasteiger partial charge in [-0.15, -0.1) is 0 Å². The zero-order valence-electron chi connectivity index (χ0n) is 36.3. The maximum atomic E-state index is 12.0. The molecule has 0 amide bonds. The first-order valence-electron chi connectivity index (χ1n) is 22.4. The van der Waals surface area contributed by atoms with E-state index < -0.39 is 10.1 Å². The molecule has 58 heavy (non-hydrogen) atoms. The fraction of sp³-hybridized carbons (Fsp3) is 0.864. The Kier molecular flexibility index (Phi) is 42.7. The van der Waals surface area contributed by atoms with Crippen LogP contribution in [0.1, 0.15) is 110 Å². The summed E-state index contributed by atoms with van der Waals surface area (Å²) in [5.41, 5.74) is 0. The van der Waals surface area contributed by atoms with Crippen LogP contribution in [0.15, 0.2) is 35.2 Å². The highest BCUT2D eigenvalue weighted by molar-refractivity contribution is 7.86. The highest BCUT2D eigenvalue weighted by Crippen LogP contribution is 2.14. The lowest BCUT2D eigenvalue weighted by molar-refractivity contribution is -0.0267. The molecule has 13 nitrogen and oxygen atoms in total. The van der Waals surface area contributed by atoms with Gasteiger partial charge in [-0.3, -0.25) is 4.18 Å². The summed E-state index contributed by atoms with van der Waals surface area (Å²) in [6.45, 7) is 12.1. The predicted molar refractivity (Wildman–Crippen MR) is 227 cm³/mol. The molecule has 0 heterocycles. The van der Waals surface area contributed by atoms with Crippen LogP contribution in [0.25, 0.3) is 0 Å². The van der Waals surface area contributed by atoms with Crippen molar-refractivity contribution >= 4 is 10.1 Å². The van der Waals surface area contributed by atoms with Crippen molar-refractivity contribution < 1.29 is 60.0 Å². The molecule has 0 saturated carbocycles. The molecule has 0 N–H and O–H groups in total. The van der Waals surface area contributed by atoms with E-state index in [-0.39, 0.29) is 18.1 Å². The minimum atomic E-state index is -3.76. The first-order valence-corrected chi connectivity index (χ1v) is 23.8. The average Bonchev–Trinajstić information content (AvgIpc) is 3.23. The molecule has 0 aliphatic carbocycles. The van der Waals surface area contributed by atoms with Crippen LogP contribution in [0, 0.1) is 0 Å². The molecule has 0 unspecified atom stereocenters. The van der Waals surface area contributed by atoms with E-state index in [1.54, 1.807) is 18.2 Å². The molecule has 0 radical (unpaired) electrons. The number of ether oxygens (including phenoxy) is 10. The Labute approximate surface area is 352 Å². The largest absolute Gasteiger partial charge is 0.379 e. The molecule has 0 bridgehead atoms. The summed E-state index contributed by atoms with van der Waals surface area (Å²) in [4.78, 5) is 0.124. The first-order chi connectivity index (χ1) is 28.7. The van der Waals surface area contributed by atoms with Crippen LogP contribution in [0.4, 0.5) is 0 Å². The molecule has 0 spiro atoms. The van der Waals surface area contributed by atoms with Crippen LogP contribution in [0.2, 0.25) is 0 Å². The Bertz CT molecular complexity index is 1040. The zero-order valence-corrected chi connectivity index (χ0v) is 37.1. The fourth-order valence-corrected chi connectivity index (χ4v) is 6.61. The summed E-state index contributed by atoms with van der Waals surface area (Å²) < 4.78 is 84.0. The normalized spacial score (nSPS) is 11.9. The lowest BCUT2D eigenvalue weighted by atomic mass is 10.0. The van der Waals surface area contributed by atoms with Gasteiger partial charge in [-0.05, 0) is 18.6 Å². The van der Waals surface area contributed by atoms with Crippen molar-refractivity contribution in [1.82, 2.24) is 0 Å². The quantitative estimate of drug-likeness (QED) is 0.0466. The molecule has 0 aliphatic rings. The van der Waals surface area contributed by atoms with Gasteiger partial charge in [0.1, 0.15) is 0 Å². The molecule has 0 aromatic heterocycles. The molecule has 1 aromatic rings. The van der Waals surface area contributed by atoms with Crippen LogP contribution in [0.3, 0.4) is 0 Å². The second kappa shape index (κ2) is 45.3. The van der Waals surface area contributed by atoms with Crippen molar-refractivity contribution in [2.24, 2.45) is 0 Å². The SMILES string of the molecule is CCCCCCCCCCCCCCCCCCOCCOCCOCCOCCOCCOCCOCCOCCOCCOCCOS(=O)(=O)c1ccccc1. The summed E-state index contributed by atoms with van der Waals surface area (Å²) in [7, 11) is -3.76. The molecular weight excluding hydrogens is 769 g/mol. The standard InChI is InChI=1S/C44H82O13S/c1-2-3-4-5-6-7-8-9-10-11-12-13-14-15-16-20-23-47-24-25-48-26-27-49-28-29-50-30-31-51-32-33-52-34-35-53-36-37-54-38-39-55-40-41-56-42-43-57-58(45,46)44-21-18-17-19-22-44/h17-19,21-22H,2-16,20,23-43H2,1H3. The molecule has 14 heteroatoms. The third-order valence-electron chi connectivity index (χ3n) is 8.99. The first kappa shape index (κ1) is 54.7. The number of unbranched alkanes of at least 4 members (excludes halogenated alkanes) is 15. The summed E-state index contributed by atoms with van der Waals surface area (Å²) in [5, 5.41) is 0. The molecule has 0 atom stereocenters. The van der Waals surface area contributed by atoms with Crippen molar-refractivity contribution in [3.8, 4) is 0 Å². The van der Waals surface area contributed by atoms with E-state index in [1.807, 2.05) is 0 Å². The van der Waals surface area contributed by atoms with Crippen LogP contribution < -0.4 is 0 Å². The van der Waals surface area contributed by atoms with Gasteiger partial charge in [0.2, 0.25) is 0 Å². The van der Waals surface area contributed by atoms with E-state index in [4.69, 9.17) is 51.6 Å². The van der Waals surface area contributed by atoms with E-state index in [0.717, 1.165) is 13.0 Å². The Hall–Kier alpha value is -1.27.